The van der Waals surface area contributed by atoms with E-state index in [9.17, 15) is 4.79 Å². The SMILES string of the molecule is CCC(C)C(N)=NCCC(=O)C(C)N. The van der Waals surface area contributed by atoms with E-state index in [2.05, 4.69) is 11.9 Å². The largest absolute Gasteiger partial charge is 0.387 e. The lowest BCUT2D eigenvalue weighted by molar-refractivity contribution is -0.119. The smallest absolute Gasteiger partial charge is 0.151 e. The third kappa shape index (κ3) is 4.97. The molecular formula is C10H21N3O. The van der Waals surface area contributed by atoms with Gasteiger partial charge in [-0.15, -0.1) is 0 Å². The van der Waals surface area contributed by atoms with Gasteiger partial charge in [0.15, 0.2) is 5.78 Å². The summed E-state index contributed by atoms with van der Waals surface area (Å²) in [6.07, 6.45) is 1.35. The topological polar surface area (TPSA) is 81.5 Å². The van der Waals surface area contributed by atoms with Crippen molar-refractivity contribution in [2.45, 2.75) is 39.7 Å². The molecular weight excluding hydrogens is 178 g/mol. The lowest BCUT2D eigenvalue weighted by Crippen LogP contribution is -2.27. The van der Waals surface area contributed by atoms with Crippen LogP contribution in [0.4, 0.5) is 0 Å². The minimum atomic E-state index is -0.393. The Kier molecular flexibility index (Phi) is 6.12. The van der Waals surface area contributed by atoms with Crippen molar-refractivity contribution in [2.24, 2.45) is 22.4 Å². The van der Waals surface area contributed by atoms with Gasteiger partial charge in [-0.2, -0.15) is 0 Å². The van der Waals surface area contributed by atoms with Crippen LogP contribution < -0.4 is 11.5 Å². The molecule has 0 radical (unpaired) electrons. The lowest BCUT2D eigenvalue weighted by Gasteiger charge is -2.07. The van der Waals surface area contributed by atoms with Crippen molar-refractivity contribution in [1.29, 1.82) is 0 Å². The summed E-state index contributed by atoms with van der Waals surface area (Å²) in [6, 6.07) is -0.393. The van der Waals surface area contributed by atoms with Gasteiger partial charge in [0.2, 0.25) is 0 Å². The molecule has 0 rings (SSSR count). The molecule has 0 fully saturated rings. The number of nitrogens with zero attached hydrogens (tertiary/aromatic N) is 1. The van der Waals surface area contributed by atoms with E-state index in [0.717, 1.165) is 6.42 Å². The number of ketones is 1. The second kappa shape index (κ2) is 6.54. The monoisotopic (exact) mass is 199 g/mol. The normalized spacial score (nSPS) is 16.4. The molecule has 0 aliphatic heterocycles. The zero-order valence-corrected chi connectivity index (χ0v) is 9.29. The molecule has 0 aromatic carbocycles. The number of carbonyl (C=O) groups is 1. The quantitative estimate of drug-likeness (QED) is 0.488. The van der Waals surface area contributed by atoms with E-state index < -0.39 is 6.04 Å². The summed E-state index contributed by atoms with van der Waals surface area (Å²) in [5.74, 6) is 0.955. The fourth-order valence-corrected chi connectivity index (χ4v) is 0.888. The van der Waals surface area contributed by atoms with Crippen LogP contribution in [-0.4, -0.2) is 24.2 Å². The molecule has 14 heavy (non-hydrogen) atoms. The highest BCUT2D eigenvalue weighted by atomic mass is 16.1. The van der Waals surface area contributed by atoms with E-state index in [1.165, 1.54) is 0 Å². The van der Waals surface area contributed by atoms with Crippen molar-refractivity contribution >= 4 is 11.6 Å². The van der Waals surface area contributed by atoms with Crippen LogP contribution in [0.2, 0.25) is 0 Å². The van der Waals surface area contributed by atoms with E-state index in [0.29, 0.717) is 24.7 Å². The second-order valence-corrected chi connectivity index (χ2v) is 3.62. The van der Waals surface area contributed by atoms with Crippen LogP contribution >= 0.6 is 0 Å². The number of carbonyl (C=O) groups excluding carboxylic acids is 1. The number of Topliss-reactive ketones (excluding diaryl/α,β-unsaturated/α-hetero) is 1. The first-order valence-electron chi connectivity index (χ1n) is 5.07. The van der Waals surface area contributed by atoms with Gasteiger partial charge in [0, 0.05) is 18.9 Å². The van der Waals surface area contributed by atoms with E-state index in [1.54, 1.807) is 6.92 Å². The standard InChI is InChI=1S/C10H21N3O/c1-4-7(2)10(12)13-6-5-9(14)8(3)11/h7-8H,4-6,11H2,1-3H3,(H2,12,13). The van der Waals surface area contributed by atoms with Crippen LogP contribution in [-0.2, 0) is 4.79 Å². The number of nitrogens with two attached hydrogens (primary N) is 2. The van der Waals surface area contributed by atoms with Crippen molar-refractivity contribution < 1.29 is 4.79 Å². The highest BCUT2D eigenvalue weighted by Gasteiger charge is 2.07. The van der Waals surface area contributed by atoms with Crippen LogP contribution in [0.25, 0.3) is 0 Å². The summed E-state index contributed by atoms with van der Waals surface area (Å²) >= 11 is 0. The molecule has 4 N–H and O–H groups in total. The van der Waals surface area contributed by atoms with E-state index in [1.807, 2.05) is 6.92 Å². The summed E-state index contributed by atoms with van der Waals surface area (Å²) in [6.45, 7) is 6.22. The molecule has 0 amide bonds. The van der Waals surface area contributed by atoms with E-state index >= 15 is 0 Å². The molecule has 0 heterocycles. The Morgan fingerprint density at radius 1 is 1.43 bits per heavy atom. The maximum absolute atomic E-state index is 11.1. The van der Waals surface area contributed by atoms with Crippen LogP contribution in [0, 0.1) is 5.92 Å². The summed E-state index contributed by atoms with van der Waals surface area (Å²) < 4.78 is 0. The average molecular weight is 199 g/mol. The highest BCUT2D eigenvalue weighted by Crippen LogP contribution is 2.00. The lowest BCUT2D eigenvalue weighted by atomic mass is 10.1. The molecule has 0 spiro atoms. The fourth-order valence-electron chi connectivity index (χ4n) is 0.888. The molecule has 0 aromatic rings. The summed E-state index contributed by atoms with van der Waals surface area (Å²) in [5.41, 5.74) is 11.1. The zero-order chi connectivity index (χ0) is 11.1. The first kappa shape index (κ1) is 13.1. The molecule has 4 heteroatoms. The van der Waals surface area contributed by atoms with Gasteiger partial charge in [-0.25, -0.2) is 0 Å². The number of hydrogen-bond acceptors (Lipinski definition) is 3. The molecule has 0 aliphatic rings. The van der Waals surface area contributed by atoms with Crippen molar-refractivity contribution in [3.05, 3.63) is 0 Å². The second-order valence-electron chi connectivity index (χ2n) is 3.62. The predicted molar refractivity (Wildman–Crippen MR) is 59.2 cm³/mol. The fraction of sp³-hybridized carbons (Fsp3) is 0.800. The first-order chi connectivity index (χ1) is 6.49. The molecule has 4 nitrogen and oxygen atoms in total. The molecule has 2 atom stereocenters. The van der Waals surface area contributed by atoms with Crippen molar-refractivity contribution in [3.63, 3.8) is 0 Å². The van der Waals surface area contributed by atoms with Crippen LogP contribution in [0.3, 0.4) is 0 Å². The number of amidine groups is 1. The maximum Gasteiger partial charge on any atom is 0.151 e. The first-order valence-corrected chi connectivity index (χ1v) is 5.07. The minimum Gasteiger partial charge on any atom is -0.387 e. The highest BCUT2D eigenvalue weighted by molar-refractivity contribution is 5.85. The Hall–Kier alpha value is -0.900. The summed E-state index contributed by atoms with van der Waals surface area (Å²) in [5, 5.41) is 0. The minimum absolute atomic E-state index is 0.0331. The van der Waals surface area contributed by atoms with Gasteiger partial charge in [-0.3, -0.25) is 9.79 Å². The van der Waals surface area contributed by atoms with Gasteiger partial charge in [0.25, 0.3) is 0 Å². The molecule has 0 aromatic heterocycles. The van der Waals surface area contributed by atoms with Crippen molar-refractivity contribution in [1.82, 2.24) is 0 Å². The van der Waals surface area contributed by atoms with Crippen LogP contribution in [0.1, 0.15) is 33.6 Å². The Balaban J connectivity index is 3.87. The number of rotatable bonds is 6. The molecule has 0 saturated heterocycles. The third-order valence-electron chi connectivity index (χ3n) is 2.28. The van der Waals surface area contributed by atoms with E-state index in [4.69, 9.17) is 11.5 Å². The van der Waals surface area contributed by atoms with Gasteiger partial charge in [0.05, 0.1) is 11.9 Å². The van der Waals surface area contributed by atoms with Crippen molar-refractivity contribution in [2.75, 3.05) is 6.54 Å². The van der Waals surface area contributed by atoms with Crippen molar-refractivity contribution in [3.8, 4) is 0 Å². The van der Waals surface area contributed by atoms with Gasteiger partial charge in [0.1, 0.15) is 0 Å². The maximum atomic E-state index is 11.1. The van der Waals surface area contributed by atoms with E-state index in [-0.39, 0.29) is 5.78 Å². The van der Waals surface area contributed by atoms with Gasteiger partial charge in [-0.1, -0.05) is 13.8 Å². The molecule has 2 unspecified atom stereocenters. The van der Waals surface area contributed by atoms with Gasteiger partial charge < -0.3 is 11.5 Å². The predicted octanol–water partition coefficient (Wildman–Crippen LogP) is 0.696. The Bertz CT molecular complexity index is 211. The van der Waals surface area contributed by atoms with Crippen LogP contribution in [0.15, 0.2) is 4.99 Å². The van der Waals surface area contributed by atoms with Gasteiger partial charge >= 0.3 is 0 Å². The summed E-state index contributed by atoms with van der Waals surface area (Å²) in [7, 11) is 0. The molecule has 0 bridgehead atoms. The Morgan fingerprint density at radius 2 is 2.00 bits per heavy atom. The summed E-state index contributed by atoms with van der Waals surface area (Å²) in [4.78, 5) is 15.3. The molecule has 0 saturated carbocycles. The zero-order valence-electron chi connectivity index (χ0n) is 9.29. The van der Waals surface area contributed by atoms with Gasteiger partial charge in [-0.05, 0) is 13.3 Å². The molecule has 0 aliphatic carbocycles. The Labute approximate surface area is 85.8 Å². The number of hydrogen-bond donors (Lipinski definition) is 2. The molecule has 82 valence electrons. The average Bonchev–Trinajstić information content (AvgIpc) is 2.15. The number of aliphatic imine (C=N–C) groups is 1. The Morgan fingerprint density at radius 3 is 2.43 bits per heavy atom. The third-order valence-corrected chi connectivity index (χ3v) is 2.28. The van der Waals surface area contributed by atoms with Crippen LogP contribution in [0.5, 0.6) is 0 Å².